The summed E-state index contributed by atoms with van der Waals surface area (Å²) in [6, 6.07) is 18.3. The van der Waals surface area contributed by atoms with Gasteiger partial charge in [-0.1, -0.05) is 49.4 Å². The molecule has 0 saturated carbocycles. The van der Waals surface area contributed by atoms with Crippen molar-refractivity contribution in [2.24, 2.45) is 0 Å². The Balaban J connectivity index is 1.75. The Morgan fingerprint density at radius 1 is 1.00 bits per heavy atom. The molecule has 0 unspecified atom stereocenters. The maximum atomic E-state index is 12.0. The fourth-order valence-corrected chi connectivity index (χ4v) is 2.31. The Morgan fingerprint density at radius 2 is 1.68 bits per heavy atom. The van der Waals surface area contributed by atoms with Crippen LogP contribution in [0.5, 0.6) is 0 Å². The van der Waals surface area contributed by atoms with E-state index in [2.05, 4.69) is 29.7 Å². The van der Waals surface area contributed by atoms with Gasteiger partial charge in [0.25, 0.3) is 0 Å². The Kier molecular flexibility index (Phi) is 6.01. The Hall–Kier alpha value is -2.29. The number of urea groups is 1. The summed E-state index contributed by atoms with van der Waals surface area (Å²) in [5.41, 5.74) is 3.39. The molecular formula is C19H24N2O. The lowest BCUT2D eigenvalue weighted by molar-refractivity contribution is 0.248. The number of hydrogen-bond acceptors (Lipinski definition) is 1. The largest absolute Gasteiger partial charge is 0.335 e. The summed E-state index contributed by atoms with van der Waals surface area (Å²) in [7, 11) is 0. The molecular weight excluding hydrogens is 272 g/mol. The predicted molar refractivity (Wildman–Crippen MR) is 92.2 cm³/mol. The van der Waals surface area contributed by atoms with E-state index in [0.717, 1.165) is 24.9 Å². The maximum absolute atomic E-state index is 12.0. The molecule has 0 heterocycles. The van der Waals surface area contributed by atoms with Crippen LogP contribution in [0.1, 0.15) is 31.4 Å². The lowest BCUT2D eigenvalue weighted by Gasteiger charge is -2.15. The SMILES string of the molecule is CCc1ccc(NC(=O)N[C@@H](C)CCc2ccccc2)cc1. The van der Waals surface area contributed by atoms with Gasteiger partial charge in [-0.15, -0.1) is 0 Å². The van der Waals surface area contributed by atoms with E-state index >= 15 is 0 Å². The van der Waals surface area contributed by atoms with Gasteiger partial charge in [0, 0.05) is 11.7 Å². The highest BCUT2D eigenvalue weighted by Crippen LogP contribution is 2.10. The van der Waals surface area contributed by atoms with Gasteiger partial charge in [0.05, 0.1) is 0 Å². The lowest BCUT2D eigenvalue weighted by atomic mass is 10.1. The van der Waals surface area contributed by atoms with Gasteiger partial charge in [0.15, 0.2) is 0 Å². The number of benzene rings is 2. The van der Waals surface area contributed by atoms with Crippen molar-refractivity contribution >= 4 is 11.7 Å². The number of amides is 2. The molecule has 2 amide bonds. The van der Waals surface area contributed by atoms with Crippen LogP contribution < -0.4 is 10.6 Å². The molecule has 0 spiro atoms. The van der Waals surface area contributed by atoms with Crippen LogP contribution in [-0.4, -0.2) is 12.1 Å². The molecule has 0 aromatic heterocycles. The molecule has 2 N–H and O–H groups in total. The van der Waals surface area contributed by atoms with E-state index in [4.69, 9.17) is 0 Å². The summed E-state index contributed by atoms with van der Waals surface area (Å²) in [4.78, 5) is 12.0. The molecule has 1 atom stereocenters. The van der Waals surface area contributed by atoms with Crippen molar-refractivity contribution in [1.29, 1.82) is 0 Å². The normalized spacial score (nSPS) is 11.7. The summed E-state index contributed by atoms with van der Waals surface area (Å²) in [5, 5.41) is 5.85. The van der Waals surface area contributed by atoms with Crippen LogP contribution in [0.4, 0.5) is 10.5 Å². The van der Waals surface area contributed by atoms with Crippen molar-refractivity contribution in [3.05, 3.63) is 65.7 Å². The minimum Gasteiger partial charge on any atom is -0.335 e. The molecule has 3 nitrogen and oxygen atoms in total. The molecule has 2 aromatic carbocycles. The summed E-state index contributed by atoms with van der Waals surface area (Å²) in [5.74, 6) is 0. The molecule has 2 rings (SSSR count). The zero-order valence-corrected chi connectivity index (χ0v) is 13.3. The van der Waals surface area contributed by atoms with Gasteiger partial charge in [-0.2, -0.15) is 0 Å². The highest BCUT2D eigenvalue weighted by molar-refractivity contribution is 5.89. The van der Waals surface area contributed by atoms with Gasteiger partial charge < -0.3 is 10.6 Å². The third-order valence-corrected chi connectivity index (χ3v) is 3.71. The van der Waals surface area contributed by atoms with E-state index in [1.807, 2.05) is 49.4 Å². The van der Waals surface area contributed by atoms with Gasteiger partial charge in [-0.05, 0) is 49.4 Å². The average Bonchev–Trinajstić information content (AvgIpc) is 2.54. The Labute approximate surface area is 132 Å². The van der Waals surface area contributed by atoms with Gasteiger partial charge in [-0.3, -0.25) is 0 Å². The molecule has 0 aliphatic heterocycles. The van der Waals surface area contributed by atoms with E-state index in [1.165, 1.54) is 11.1 Å². The van der Waals surface area contributed by atoms with Crippen molar-refractivity contribution < 1.29 is 4.79 Å². The van der Waals surface area contributed by atoms with Crippen LogP contribution >= 0.6 is 0 Å². The van der Waals surface area contributed by atoms with E-state index in [1.54, 1.807) is 0 Å². The van der Waals surface area contributed by atoms with Gasteiger partial charge >= 0.3 is 6.03 Å². The first-order chi connectivity index (χ1) is 10.7. The van der Waals surface area contributed by atoms with E-state index in [0.29, 0.717) is 0 Å². The molecule has 0 saturated heterocycles. The number of anilines is 1. The standard InChI is InChI=1S/C19H24N2O/c1-3-16-11-13-18(14-12-16)21-19(22)20-15(2)9-10-17-7-5-4-6-8-17/h4-8,11-15H,3,9-10H2,1-2H3,(H2,20,21,22)/t15-/m0/s1. The molecule has 0 fully saturated rings. The van der Waals surface area contributed by atoms with Crippen molar-refractivity contribution in [3.8, 4) is 0 Å². The topological polar surface area (TPSA) is 41.1 Å². The fraction of sp³-hybridized carbons (Fsp3) is 0.316. The van der Waals surface area contributed by atoms with E-state index < -0.39 is 0 Å². The summed E-state index contributed by atoms with van der Waals surface area (Å²) < 4.78 is 0. The Bertz CT molecular complexity index is 578. The molecule has 0 bridgehead atoms. The molecule has 22 heavy (non-hydrogen) atoms. The van der Waals surface area contributed by atoms with Crippen LogP contribution in [0.15, 0.2) is 54.6 Å². The monoisotopic (exact) mass is 296 g/mol. The zero-order valence-electron chi connectivity index (χ0n) is 13.3. The molecule has 116 valence electrons. The molecule has 2 aromatic rings. The van der Waals surface area contributed by atoms with Gasteiger partial charge in [0.1, 0.15) is 0 Å². The molecule has 3 heteroatoms. The molecule has 0 aliphatic rings. The lowest BCUT2D eigenvalue weighted by Crippen LogP contribution is -2.36. The fourth-order valence-electron chi connectivity index (χ4n) is 2.31. The third kappa shape index (κ3) is 5.24. The third-order valence-electron chi connectivity index (χ3n) is 3.71. The number of rotatable bonds is 6. The maximum Gasteiger partial charge on any atom is 0.319 e. The van der Waals surface area contributed by atoms with Crippen LogP contribution in [0.25, 0.3) is 0 Å². The quantitative estimate of drug-likeness (QED) is 0.815. The minimum atomic E-state index is -0.148. The molecule has 0 aliphatic carbocycles. The average molecular weight is 296 g/mol. The van der Waals surface area contributed by atoms with Crippen LogP contribution in [0, 0.1) is 0 Å². The van der Waals surface area contributed by atoms with Crippen LogP contribution in [0.3, 0.4) is 0 Å². The second-order valence-corrected chi connectivity index (χ2v) is 5.57. The first-order valence-electron chi connectivity index (χ1n) is 7.87. The van der Waals surface area contributed by atoms with Gasteiger partial charge in [0.2, 0.25) is 0 Å². The smallest absolute Gasteiger partial charge is 0.319 e. The van der Waals surface area contributed by atoms with Crippen LogP contribution in [0.2, 0.25) is 0 Å². The molecule has 0 radical (unpaired) electrons. The second-order valence-electron chi connectivity index (χ2n) is 5.57. The predicted octanol–water partition coefficient (Wildman–Crippen LogP) is 4.39. The summed E-state index contributed by atoms with van der Waals surface area (Å²) >= 11 is 0. The zero-order chi connectivity index (χ0) is 15.8. The van der Waals surface area contributed by atoms with Crippen molar-refractivity contribution in [2.75, 3.05) is 5.32 Å². The van der Waals surface area contributed by atoms with Gasteiger partial charge in [-0.25, -0.2) is 4.79 Å². The van der Waals surface area contributed by atoms with E-state index in [-0.39, 0.29) is 12.1 Å². The second kappa shape index (κ2) is 8.23. The highest BCUT2D eigenvalue weighted by atomic mass is 16.2. The summed E-state index contributed by atoms with van der Waals surface area (Å²) in [6.07, 6.45) is 2.89. The number of aryl methyl sites for hydroxylation is 2. The van der Waals surface area contributed by atoms with E-state index in [9.17, 15) is 4.79 Å². The van der Waals surface area contributed by atoms with Crippen molar-refractivity contribution in [3.63, 3.8) is 0 Å². The number of carbonyl (C=O) groups is 1. The number of nitrogens with one attached hydrogen (secondary N) is 2. The first-order valence-corrected chi connectivity index (χ1v) is 7.87. The van der Waals surface area contributed by atoms with Crippen molar-refractivity contribution in [2.45, 2.75) is 39.2 Å². The van der Waals surface area contributed by atoms with Crippen LogP contribution in [-0.2, 0) is 12.8 Å². The summed E-state index contributed by atoms with van der Waals surface area (Å²) in [6.45, 7) is 4.15. The number of carbonyl (C=O) groups excluding carboxylic acids is 1. The minimum absolute atomic E-state index is 0.134. The number of hydrogen-bond donors (Lipinski definition) is 2. The highest BCUT2D eigenvalue weighted by Gasteiger charge is 2.07. The van der Waals surface area contributed by atoms with Crippen molar-refractivity contribution in [1.82, 2.24) is 5.32 Å². The Morgan fingerprint density at radius 3 is 2.32 bits per heavy atom. The first kappa shape index (κ1) is 16.1.